The van der Waals surface area contributed by atoms with Crippen LogP contribution in [0.15, 0.2) is 23.1 Å². The Balaban J connectivity index is 1.38. The summed E-state index contributed by atoms with van der Waals surface area (Å²) in [7, 11) is 1.65. The van der Waals surface area contributed by atoms with Crippen molar-refractivity contribution in [3.05, 3.63) is 56.2 Å². The van der Waals surface area contributed by atoms with Crippen LogP contribution in [-0.2, 0) is 31.1 Å². The minimum Gasteiger partial charge on any atom is -0.371 e. The molecule has 0 N–H and O–H groups in total. The Labute approximate surface area is 175 Å². The maximum Gasteiger partial charge on any atom is 0.433 e. The molecule has 4 heterocycles. The van der Waals surface area contributed by atoms with Crippen LogP contribution in [0.3, 0.4) is 0 Å². The Bertz CT molecular complexity index is 1080. The first-order chi connectivity index (χ1) is 14.1. The fourth-order valence-corrected chi connectivity index (χ4v) is 4.29. The van der Waals surface area contributed by atoms with Gasteiger partial charge in [0.15, 0.2) is 0 Å². The predicted octanol–water partition coefficient (Wildman–Crippen LogP) is 3.13. The molecule has 0 aromatic carbocycles. The highest BCUT2D eigenvalue weighted by molar-refractivity contribution is 6.31. The first kappa shape index (κ1) is 20.7. The molecule has 1 fully saturated rings. The maximum absolute atomic E-state index is 12.8. The van der Waals surface area contributed by atoms with Gasteiger partial charge in [0, 0.05) is 56.6 Å². The number of aromatic nitrogens is 2. The molecule has 2 aromatic heterocycles. The lowest BCUT2D eigenvalue weighted by Crippen LogP contribution is -2.48. The number of nitrogens with zero attached hydrogens (tertiary/aromatic N) is 4. The normalized spacial score (nSPS) is 16.6. The molecule has 1 amide bonds. The zero-order chi connectivity index (χ0) is 21.8. The summed E-state index contributed by atoms with van der Waals surface area (Å²) >= 11 is 6.11. The molecule has 2 aliphatic heterocycles. The number of hydrogen-bond acceptors (Lipinski definition) is 4. The largest absolute Gasteiger partial charge is 0.433 e. The average Bonchev–Trinajstić information content (AvgIpc) is 3.12. The van der Waals surface area contributed by atoms with Crippen molar-refractivity contribution in [2.75, 3.05) is 18.0 Å². The van der Waals surface area contributed by atoms with Crippen molar-refractivity contribution in [1.29, 1.82) is 0 Å². The number of carbonyl (C=O) groups is 1. The van der Waals surface area contributed by atoms with E-state index in [4.69, 9.17) is 11.6 Å². The SMILES string of the molecule is Cc1c2c(n(C)c(=O)c1Cl)CN(C(=O)CC1CN(c3ccnc(C(F)(F)F)c3)C1)C2. The fourth-order valence-electron chi connectivity index (χ4n) is 4.05. The molecule has 160 valence electrons. The quantitative estimate of drug-likeness (QED) is 0.736. The first-order valence-electron chi connectivity index (χ1n) is 9.49. The first-order valence-corrected chi connectivity index (χ1v) is 9.87. The van der Waals surface area contributed by atoms with Crippen LogP contribution in [0.4, 0.5) is 18.9 Å². The van der Waals surface area contributed by atoms with Gasteiger partial charge in [-0.2, -0.15) is 13.2 Å². The van der Waals surface area contributed by atoms with Crippen molar-refractivity contribution in [3.8, 4) is 0 Å². The number of anilines is 1. The van der Waals surface area contributed by atoms with Crippen molar-refractivity contribution < 1.29 is 18.0 Å². The molecule has 10 heteroatoms. The zero-order valence-corrected chi connectivity index (χ0v) is 17.2. The second-order valence-corrected chi connectivity index (χ2v) is 8.23. The highest BCUT2D eigenvalue weighted by atomic mass is 35.5. The van der Waals surface area contributed by atoms with E-state index in [1.165, 1.54) is 10.6 Å². The Hall–Kier alpha value is -2.55. The van der Waals surface area contributed by atoms with Gasteiger partial charge in [0.25, 0.3) is 5.56 Å². The van der Waals surface area contributed by atoms with Gasteiger partial charge in [-0.1, -0.05) is 11.6 Å². The third kappa shape index (κ3) is 3.55. The molecule has 6 nitrogen and oxygen atoms in total. The third-order valence-electron chi connectivity index (χ3n) is 5.89. The molecule has 0 radical (unpaired) electrons. The summed E-state index contributed by atoms with van der Waals surface area (Å²) in [6.07, 6.45) is -3.03. The Kier molecular flexibility index (Phi) is 5.04. The second kappa shape index (κ2) is 7.30. The summed E-state index contributed by atoms with van der Waals surface area (Å²) in [4.78, 5) is 31.8. The number of hydrogen-bond donors (Lipinski definition) is 0. The maximum atomic E-state index is 12.8. The Morgan fingerprint density at radius 2 is 2.00 bits per heavy atom. The van der Waals surface area contributed by atoms with E-state index in [1.807, 2.05) is 0 Å². The van der Waals surface area contributed by atoms with E-state index in [1.54, 1.807) is 23.8 Å². The molecule has 1 saturated heterocycles. The molecular formula is C20H20ClF3N4O2. The van der Waals surface area contributed by atoms with Crippen LogP contribution in [0.1, 0.15) is 28.9 Å². The molecule has 0 unspecified atom stereocenters. The van der Waals surface area contributed by atoms with Gasteiger partial charge in [0.1, 0.15) is 10.7 Å². The highest BCUT2D eigenvalue weighted by Crippen LogP contribution is 2.34. The van der Waals surface area contributed by atoms with E-state index in [0.717, 1.165) is 23.5 Å². The standard InChI is InChI=1S/C20H20ClF3N4O2/c1-11-14-9-28(10-15(14)26(2)19(30)18(11)21)17(29)5-12-7-27(8-12)13-3-4-25-16(6-13)20(22,23)24/h3-4,6,12H,5,7-10H2,1-2H3. The summed E-state index contributed by atoms with van der Waals surface area (Å²) in [6.45, 7) is 3.57. The molecule has 0 aliphatic carbocycles. The molecule has 0 bridgehead atoms. The van der Waals surface area contributed by atoms with Crippen LogP contribution < -0.4 is 10.5 Å². The predicted molar refractivity (Wildman–Crippen MR) is 105 cm³/mol. The topological polar surface area (TPSA) is 58.4 Å². The summed E-state index contributed by atoms with van der Waals surface area (Å²) in [5, 5.41) is 0.177. The fraction of sp³-hybridized carbons (Fsp3) is 0.450. The van der Waals surface area contributed by atoms with Crippen LogP contribution in [0, 0.1) is 12.8 Å². The molecule has 0 spiro atoms. The van der Waals surface area contributed by atoms with E-state index < -0.39 is 11.9 Å². The van der Waals surface area contributed by atoms with Crippen LogP contribution in [0.5, 0.6) is 0 Å². The number of halogens is 4. The molecule has 4 rings (SSSR count). The number of amides is 1. The highest BCUT2D eigenvalue weighted by Gasteiger charge is 2.36. The smallest absolute Gasteiger partial charge is 0.371 e. The summed E-state index contributed by atoms with van der Waals surface area (Å²) in [6, 6.07) is 2.57. The average molecular weight is 441 g/mol. The van der Waals surface area contributed by atoms with E-state index in [9.17, 15) is 22.8 Å². The number of carbonyl (C=O) groups excluding carboxylic acids is 1. The molecular weight excluding hydrogens is 421 g/mol. The molecule has 30 heavy (non-hydrogen) atoms. The van der Waals surface area contributed by atoms with Crippen molar-refractivity contribution in [2.24, 2.45) is 13.0 Å². The van der Waals surface area contributed by atoms with Crippen LogP contribution in [0.25, 0.3) is 0 Å². The van der Waals surface area contributed by atoms with Gasteiger partial charge in [0.05, 0.1) is 6.54 Å². The molecule has 2 aliphatic rings. The van der Waals surface area contributed by atoms with Crippen molar-refractivity contribution in [3.63, 3.8) is 0 Å². The van der Waals surface area contributed by atoms with Gasteiger partial charge in [-0.25, -0.2) is 0 Å². The van der Waals surface area contributed by atoms with E-state index in [-0.39, 0.29) is 22.4 Å². The van der Waals surface area contributed by atoms with Gasteiger partial charge < -0.3 is 14.4 Å². The lowest BCUT2D eigenvalue weighted by atomic mass is 9.95. The van der Waals surface area contributed by atoms with E-state index >= 15 is 0 Å². The second-order valence-electron chi connectivity index (χ2n) is 7.85. The monoisotopic (exact) mass is 440 g/mol. The van der Waals surface area contributed by atoms with Gasteiger partial charge in [-0.15, -0.1) is 0 Å². The summed E-state index contributed by atoms with van der Waals surface area (Å²) in [5.74, 6) is 0.0294. The van der Waals surface area contributed by atoms with Gasteiger partial charge in [-0.05, 0) is 30.2 Å². The molecule has 0 saturated carbocycles. The van der Waals surface area contributed by atoms with Gasteiger partial charge in [-0.3, -0.25) is 14.6 Å². The van der Waals surface area contributed by atoms with Gasteiger partial charge in [0.2, 0.25) is 5.91 Å². The number of alkyl halides is 3. The zero-order valence-electron chi connectivity index (χ0n) is 16.5. The Morgan fingerprint density at radius 3 is 2.67 bits per heavy atom. The van der Waals surface area contributed by atoms with Crippen molar-refractivity contribution in [2.45, 2.75) is 32.6 Å². The van der Waals surface area contributed by atoms with E-state index in [2.05, 4.69) is 4.98 Å². The molecule has 0 atom stereocenters. The number of fused-ring (bicyclic) bond motifs is 1. The van der Waals surface area contributed by atoms with Crippen LogP contribution >= 0.6 is 11.6 Å². The lowest BCUT2D eigenvalue weighted by Gasteiger charge is -2.41. The summed E-state index contributed by atoms with van der Waals surface area (Å²) < 4.78 is 40.0. The van der Waals surface area contributed by atoms with Crippen molar-refractivity contribution in [1.82, 2.24) is 14.5 Å². The van der Waals surface area contributed by atoms with Crippen molar-refractivity contribution >= 4 is 23.2 Å². The summed E-state index contributed by atoms with van der Waals surface area (Å²) in [5.41, 5.74) is 1.67. The van der Waals surface area contributed by atoms with Crippen LogP contribution in [-0.4, -0.2) is 33.4 Å². The Morgan fingerprint density at radius 1 is 1.30 bits per heavy atom. The third-order valence-corrected chi connectivity index (χ3v) is 6.33. The number of rotatable bonds is 3. The number of pyridine rings is 2. The van der Waals surface area contributed by atoms with Crippen LogP contribution in [0.2, 0.25) is 5.02 Å². The van der Waals surface area contributed by atoms with Gasteiger partial charge >= 0.3 is 6.18 Å². The lowest BCUT2D eigenvalue weighted by molar-refractivity contribution is -0.141. The van der Waals surface area contributed by atoms with E-state index in [0.29, 0.717) is 43.9 Å². The minimum atomic E-state index is -4.48. The molecule has 2 aromatic rings. The minimum absolute atomic E-state index is 0.0375.